The van der Waals surface area contributed by atoms with E-state index in [2.05, 4.69) is 21.8 Å². The molecule has 7 nitrogen and oxygen atoms in total. The Bertz CT molecular complexity index is 1140. The Hall–Kier alpha value is -2.84. The van der Waals surface area contributed by atoms with Crippen LogP contribution in [0.15, 0.2) is 53.7 Å². The van der Waals surface area contributed by atoms with Crippen LogP contribution in [0.25, 0.3) is 11.0 Å². The molecule has 8 heteroatoms. The molecular weight excluding hydrogens is 458 g/mol. The molecule has 2 fully saturated rings. The van der Waals surface area contributed by atoms with Crippen LogP contribution in [0.2, 0.25) is 0 Å². The average Bonchev–Trinajstić information content (AvgIpc) is 3.31. The number of rotatable bonds is 6. The Labute approximate surface area is 210 Å². The number of H-pyrrole nitrogens is 1. The molecule has 0 saturated carbocycles. The summed E-state index contributed by atoms with van der Waals surface area (Å²) in [6.07, 6.45) is 3.42. The van der Waals surface area contributed by atoms with Crippen LogP contribution in [0, 0.1) is 0 Å². The number of carbonyl (C=O) groups is 2. The highest BCUT2D eigenvalue weighted by atomic mass is 32.2. The van der Waals surface area contributed by atoms with E-state index in [0.29, 0.717) is 31.2 Å². The molecule has 0 radical (unpaired) electrons. The summed E-state index contributed by atoms with van der Waals surface area (Å²) in [4.78, 5) is 39.8. The molecule has 3 aromatic rings. The maximum Gasteiger partial charge on any atom is 0.253 e. The fraction of sp³-hybridized carbons (Fsp3) is 0.444. The predicted octanol–water partition coefficient (Wildman–Crippen LogP) is 4.01. The first-order chi connectivity index (χ1) is 17.1. The Morgan fingerprint density at radius 2 is 1.77 bits per heavy atom. The van der Waals surface area contributed by atoms with E-state index >= 15 is 0 Å². The molecule has 0 aliphatic carbocycles. The molecule has 1 unspecified atom stereocenters. The molecular formula is C27H33N5O2S. The minimum Gasteiger partial charge on any atom is -0.339 e. The monoisotopic (exact) mass is 491 g/mol. The summed E-state index contributed by atoms with van der Waals surface area (Å²) in [5.74, 6) is 1.08. The second kappa shape index (κ2) is 10.8. The fourth-order valence-electron chi connectivity index (χ4n) is 4.94. The van der Waals surface area contributed by atoms with Gasteiger partial charge in [-0.25, -0.2) is 4.98 Å². The number of likely N-dealkylation sites (tertiary alicyclic amines) is 1. The lowest BCUT2D eigenvalue weighted by Crippen LogP contribution is -2.53. The number of piperidine rings is 1. The summed E-state index contributed by atoms with van der Waals surface area (Å²) in [6.45, 7) is 6.29. The number of hydrogen-bond acceptors (Lipinski definition) is 5. The number of nitrogens with zero attached hydrogens (tertiary/aromatic N) is 4. The zero-order valence-corrected chi connectivity index (χ0v) is 21.1. The highest BCUT2D eigenvalue weighted by Crippen LogP contribution is 2.23. The van der Waals surface area contributed by atoms with E-state index in [1.54, 1.807) is 11.8 Å². The Kier molecular flexibility index (Phi) is 7.39. The van der Waals surface area contributed by atoms with Crippen LogP contribution in [0.3, 0.4) is 0 Å². The van der Waals surface area contributed by atoms with Crippen molar-refractivity contribution in [3.8, 4) is 0 Å². The molecule has 3 heterocycles. The number of hydrogen-bond donors (Lipinski definition) is 1. The normalized spacial score (nSPS) is 19.3. The van der Waals surface area contributed by atoms with E-state index in [1.165, 1.54) is 6.42 Å². The number of imidazole rings is 1. The lowest BCUT2D eigenvalue weighted by Gasteiger charge is -2.38. The summed E-state index contributed by atoms with van der Waals surface area (Å²) in [6, 6.07) is 16.3. The van der Waals surface area contributed by atoms with Crippen molar-refractivity contribution in [1.29, 1.82) is 0 Å². The van der Waals surface area contributed by atoms with Gasteiger partial charge in [-0.1, -0.05) is 36.0 Å². The van der Waals surface area contributed by atoms with Crippen LogP contribution in [0.4, 0.5) is 0 Å². The van der Waals surface area contributed by atoms with Gasteiger partial charge in [0.25, 0.3) is 5.91 Å². The molecule has 2 aromatic carbocycles. The number of aromatic nitrogens is 2. The van der Waals surface area contributed by atoms with Gasteiger partial charge in [0.15, 0.2) is 5.16 Å². The lowest BCUT2D eigenvalue weighted by atomic mass is 10.0. The zero-order chi connectivity index (χ0) is 24.2. The Balaban J connectivity index is 1.09. The fourth-order valence-corrected chi connectivity index (χ4v) is 5.78. The van der Waals surface area contributed by atoms with E-state index in [9.17, 15) is 9.59 Å². The van der Waals surface area contributed by atoms with Gasteiger partial charge in [0.05, 0.1) is 17.6 Å². The smallest absolute Gasteiger partial charge is 0.253 e. The molecule has 0 spiro atoms. The summed E-state index contributed by atoms with van der Waals surface area (Å²) in [7, 11) is 0. The number of thioether (sulfide) groups is 1. The van der Waals surface area contributed by atoms with Crippen LogP contribution in [-0.2, 0) is 10.5 Å². The molecule has 5 rings (SSSR count). The summed E-state index contributed by atoms with van der Waals surface area (Å²) < 4.78 is 0. The van der Waals surface area contributed by atoms with Crippen LogP contribution in [0.1, 0.15) is 42.1 Å². The third-order valence-corrected chi connectivity index (χ3v) is 8.03. The van der Waals surface area contributed by atoms with Crippen LogP contribution in [-0.4, -0.2) is 81.8 Å². The summed E-state index contributed by atoms with van der Waals surface area (Å²) in [5, 5.41) is 0.900. The maximum atomic E-state index is 13.0. The highest BCUT2D eigenvalue weighted by Gasteiger charge is 2.27. The standard InChI is InChI=1S/C27H33N5O2S/c1-20-6-4-5-13-32(20)25(33)18-30-14-16-31(17-15-30)26(34)22-11-9-21(10-12-22)19-35-27-28-23-7-2-3-8-24(23)29-27/h2-3,7-12,20H,4-6,13-19H2,1H3,(H,28,29). The number of fused-ring (bicyclic) bond motifs is 1. The van der Waals surface area contributed by atoms with Gasteiger partial charge in [-0.2, -0.15) is 0 Å². The largest absolute Gasteiger partial charge is 0.339 e. The zero-order valence-electron chi connectivity index (χ0n) is 20.3. The minimum atomic E-state index is 0.0668. The second-order valence-electron chi connectivity index (χ2n) is 9.54. The van der Waals surface area contributed by atoms with E-state index in [4.69, 9.17) is 0 Å². The SMILES string of the molecule is CC1CCCCN1C(=O)CN1CCN(C(=O)c2ccc(CSc3nc4ccccc4[nH]3)cc2)CC1. The third kappa shape index (κ3) is 5.70. The van der Waals surface area contributed by atoms with E-state index in [0.717, 1.165) is 60.0 Å². The molecule has 2 saturated heterocycles. The minimum absolute atomic E-state index is 0.0668. The van der Waals surface area contributed by atoms with Crippen molar-refractivity contribution in [1.82, 2.24) is 24.7 Å². The molecule has 2 aliphatic heterocycles. The van der Waals surface area contributed by atoms with Crippen LogP contribution in [0.5, 0.6) is 0 Å². The van der Waals surface area contributed by atoms with Crippen molar-refractivity contribution in [2.75, 3.05) is 39.3 Å². The third-order valence-electron chi connectivity index (χ3n) is 7.09. The van der Waals surface area contributed by atoms with Gasteiger partial charge in [0, 0.05) is 50.1 Å². The molecule has 0 bridgehead atoms. The van der Waals surface area contributed by atoms with Crippen molar-refractivity contribution in [3.63, 3.8) is 0 Å². The number of amides is 2. The first kappa shape index (κ1) is 23.9. The van der Waals surface area contributed by atoms with E-state index in [1.807, 2.05) is 58.3 Å². The molecule has 35 heavy (non-hydrogen) atoms. The summed E-state index contributed by atoms with van der Waals surface area (Å²) in [5.41, 5.74) is 3.89. The van der Waals surface area contributed by atoms with Crippen molar-refractivity contribution >= 4 is 34.6 Å². The number of benzene rings is 2. The van der Waals surface area contributed by atoms with Crippen molar-refractivity contribution in [3.05, 3.63) is 59.7 Å². The van der Waals surface area contributed by atoms with Gasteiger partial charge in [0.2, 0.25) is 5.91 Å². The predicted molar refractivity (Wildman–Crippen MR) is 139 cm³/mol. The van der Waals surface area contributed by atoms with Gasteiger partial charge < -0.3 is 14.8 Å². The van der Waals surface area contributed by atoms with Gasteiger partial charge in [-0.05, 0) is 56.0 Å². The van der Waals surface area contributed by atoms with E-state index in [-0.39, 0.29) is 11.8 Å². The van der Waals surface area contributed by atoms with Gasteiger partial charge in [-0.3, -0.25) is 14.5 Å². The highest BCUT2D eigenvalue weighted by molar-refractivity contribution is 7.98. The molecule has 2 aliphatic rings. The molecule has 1 aromatic heterocycles. The summed E-state index contributed by atoms with van der Waals surface area (Å²) >= 11 is 1.66. The number of para-hydroxylation sites is 2. The van der Waals surface area contributed by atoms with Crippen LogP contribution < -0.4 is 0 Å². The maximum absolute atomic E-state index is 13.0. The topological polar surface area (TPSA) is 72.5 Å². The number of nitrogens with one attached hydrogen (secondary N) is 1. The Morgan fingerprint density at radius 3 is 2.51 bits per heavy atom. The number of aromatic amines is 1. The second-order valence-corrected chi connectivity index (χ2v) is 10.5. The molecule has 1 N–H and O–H groups in total. The van der Waals surface area contributed by atoms with Crippen molar-refractivity contribution in [2.24, 2.45) is 0 Å². The van der Waals surface area contributed by atoms with Gasteiger partial charge in [-0.15, -0.1) is 0 Å². The number of carbonyl (C=O) groups excluding carboxylic acids is 2. The molecule has 2 amide bonds. The first-order valence-corrected chi connectivity index (χ1v) is 13.5. The average molecular weight is 492 g/mol. The lowest BCUT2D eigenvalue weighted by molar-refractivity contribution is -0.136. The Morgan fingerprint density at radius 1 is 1.00 bits per heavy atom. The van der Waals surface area contributed by atoms with Crippen molar-refractivity contribution < 1.29 is 9.59 Å². The van der Waals surface area contributed by atoms with E-state index < -0.39 is 0 Å². The van der Waals surface area contributed by atoms with Gasteiger partial charge >= 0.3 is 0 Å². The van der Waals surface area contributed by atoms with Crippen LogP contribution >= 0.6 is 11.8 Å². The quantitative estimate of drug-likeness (QED) is 0.528. The van der Waals surface area contributed by atoms with Crippen molar-refractivity contribution in [2.45, 2.75) is 43.1 Å². The molecule has 1 atom stereocenters. The van der Waals surface area contributed by atoms with Gasteiger partial charge in [0.1, 0.15) is 0 Å². The number of piperazine rings is 1. The molecule has 184 valence electrons. The first-order valence-electron chi connectivity index (χ1n) is 12.5.